The van der Waals surface area contributed by atoms with Crippen molar-refractivity contribution in [2.75, 3.05) is 6.61 Å². The van der Waals surface area contributed by atoms with Crippen molar-refractivity contribution in [3.05, 3.63) is 28.8 Å². The minimum Gasteiger partial charge on any atom is -0.484 e. The van der Waals surface area contributed by atoms with Crippen molar-refractivity contribution in [1.82, 2.24) is 5.32 Å². The molecule has 0 aromatic heterocycles. The van der Waals surface area contributed by atoms with E-state index in [1.165, 1.54) is 0 Å². The third-order valence-electron chi connectivity index (χ3n) is 3.55. The van der Waals surface area contributed by atoms with Crippen LogP contribution in [0.1, 0.15) is 31.2 Å². The number of ether oxygens (including phenoxy) is 1. The quantitative estimate of drug-likeness (QED) is 0.928. The number of amides is 1. The molecule has 1 aliphatic carbocycles. The Hall–Kier alpha value is -1.73. The van der Waals surface area contributed by atoms with Gasteiger partial charge in [-0.25, -0.2) is 0 Å². The summed E-state index contributed by atoms with van der Waals surface area (Å²) in [6, 6.07) is 7.46. The number of carbonyl (C=O) groups is 1. The van der Waals surface area contributed by atoms with Crippen molar-refractivity contribution in [3.63, 3.8) is 0 Å². The summed E-state index contributed by atoms with van der Waals surface area (Å²) in [5.41, 5.74) is 0.177. The predicted octanol–water partition coefficient (Wildman–Crippen LogP) is 2.98. The zero-order valence-corrected chi connectivity index (χ0v) is 12.2. The first kappa shape index (κ1) is 14.7. The van der Waals surface area contributed by atoms with E-state index in [1.54, 1.807) is 18.2 Å². The van der Waals surface area contributed by atoms with Crippen LogP contribution >= 0.6 is 11.6 Å². The Morgan fingerprint density at radius 3 is 2.80 bits per heavy atom. The van der Waals surface area contributed by atoms with Gasteiger partial charge in [0.1, 0.15) is 11.3 Å². The van der Waals surface area contributed by atoms with Gasteiger partial charge >= 0.3 is 0 Å². The molecule has 0 aliphatic heterocycles. The zero-order valence-electron chi connectivity index (χ0n) is 11.4. The van der Waals surface area contributed by atoms with Crippen molar-refractivity contribution in [2.45, 2.75) is 38.1 Å². The first-order valence-corrected chi connectivity index (χ1v) is 7.04. The maximum Gasteiger partial charge on any atom is 0.259 e. The molecule has 0 spiro atoms. The summed E-state index contributed by atoms with van der Waals surface area (Å²) in [7, 11) is 0. The Morgan fingerprint density at radius 2 is 2.20 bits per heavy atom. The third kappa shape index (κ3) is 3.43. The van der Waals surface area contributed by atoms with Crippen LogP contribution < -0.4 is 10.1 Å². The van der Waals surface area contributed by atoms with Crippen LogP contribution in [0.4, 0.5) is 0 Å². The second-order valence-electron chi connectivity index (χ2n) is 5.15. The Balaban J connectivity index is 1.91. The van der Waals surface area contributed by atoms with Crippen LogP contribution in [-0.2, 0) is 4.79 Å². The number of nitrogens with zero attached hydrogens (tertiary/aromatic N) is 1. The van der Waals surface area contributed by atoms with Crippen LogP contribution in [0, 0.1) is 18.3 Å². The van der Waals surface area contributed by atoms with E-state index in [4.69, 9.17) is 16.3 Å². The predicted molar refractivity (Wildman–Crippen MR) is 76.6 cm³/mol. The van der Waals surface area contributed by atoms with Crippen molar-refractivity contribution in [1.29, 1.82) is 5.26 Å². The van der Waals surface area contributed by atoms with E-state index in [0.717, 1.165) is 31.2 Å². The van der Waals surface area contributed by atoms with Crippen LogP contribution in [0.3, 0.4) is 0 Å². The minimum absolute atomic E-state index is 0.0914. The molecular weight excluding hydrogens is 276 g/mol. The Kier molecular flexibility index (Phi) is 4.51. The Bertz CT molecular complexity index is 545. The van der Waals surface area contributed by atoms with E-state index in [2.05, 4.69) is 11.4 Å². The van der Waals surface area contributed by atoms with Crippen LogP contribution in [0.25, 0.3) is 0 Å². The molecule has 1 saturated carbocycles. The zero-order chi connectivity index (χ0) is 14.6. The number of carbonyl (C=O) groups excluding carboxylic acids is 1. The summed E-state index contributed by atoms with van der Waals surface area (Å²) in [5, 5.41) is 12.6. The van der Waals surface area contributed by atoms with Gasteiger partial charge in [-0.2, -0.15) is 5.26 Å². The lowest BCUT2D eigenvalue weighted by Gasteiger charge is -2.22. The van der Waals surface area contributed by atoms with Crippen LogP contribution in [0.2, 0.25) is 5.02 Å². The summed E-state index contributed by atoms with van der Waals surface area (Å²) >= 11 is 5.86. The lowest BCUT2D eigenvalue weighted by atomic mass is 10.00. The SMILES string of the molecule is Cc1cc(Cl)ccc1OCC(=O)NC1(C#N)CCCC1. The van der Waals surface area contributed by atoms with Crippen LogP contribution in [0.5, 0.6) is 5.75 Å². The molecule has 5 heteroatoms. The smallest absolute Gasteiger partial charge is 0.259 e. The van der Waals surface area contributed by atoms with Gasteiger partial charge in [0.05, 0.1) is 6.07 Å². The second kappa shape index (κ2) is 6.15. The second-order valence-corrected chi connectivity index (χ2v) is 5.58. The van der Waals surface area contributed by atoms with Gasteiger partial charge in [0, 0.05) is 5.02 Å². The molecule has 1 aliphatic rings. The number of nitriles is 1. The molecule has 1 amide bonds. The third-order valence-corrected chi connectivity index (χ3v) is 3.78. The van der Waals surface area contributed by atoms with Gasteiger partial charge in [-0.3, -0.25) is 4.79 Å². The fourth-order valence-corrected chi connectivity index (χ4v) is 2.69. The normalized spacial score (nSPS) is 16.4. The Labute approximate surface area is 123 Å². The van der Waals surface area contributed by atoms with Gasteiger partial charge in [-0.15, -0.1) is 0 Å². The molecule has 2 rings (SSSR count). The highest BCUT2D eigenvalue weighted by Crippen LogP contribution is 2.28. The van der Waals surface area contributed by atoms with Crippen molar-refractivity contribution >= 4 is 17.5 Å². The van der Waals surface area contributed by atoms with Gasteiger partial charge in [0.25, 0.3) is 5.91 Å². The highest BCUT2D eigenvalue weighted by Gasteiger charge is 2.35. The lowest BCUT2D eigenvalue weighted by Crippen LogP contribution is -2.47. The molecule has 1 aromatic carbocycles. The fourth-order valence-electron chi connectivity index (χ4n) is 2.46. The molecule has 0 saturated heterocycles. The van der Waals surface area contributed by atoms with Crippen molar-refractivity contribution < 1.29 is 9.53 Å². The molecule has 0 bridgehead atoms. The molecule has 1 aromatic rings. The first-order valence-electron chi connectivity index (χ1n) is 6.66. The summed E-state index contributed by atoms with van der Waals surface area (Å²) in [6.45, 7) is 1.78. The van der Waals surface area contributed by atoms with Gasteiger partial charge < -0.3 is 10.1 Å². The van der Waals surface area contributed by atoms with Crippen LogP contribution in [-0.4, -0.2) is 18.1 Å². The number of rotatable bonds is 4. The molecule has 106 valence electrons. The fraction of sp³-hybridized carbons (Fsp3) is 0.467. The maximum atomic E-state index is 11.9. The maximum absolute atomic E-state index is 11.9. The topological polar surface area (TPSA) is 62.1 Å². The summed E-state index contributed by atoms with van der Waals surface area (Å²) in [6.07, 6.45) is 3.39. The van der Waals surface area contributed by atoms with E-state index in [9.17, 15) is 10.1 Å². The van der Waals surface area contributed by atoms with Gasteiger partial charge in [-0.05, 0) is 56.4 Å². The average Bonchev–Trinajstić information content (AvgIpc) is 2.87. The molecular formula is C15H17ClN2O2. The number of hydrogen-bond acceptors (Lipinski definition) is 3. The van der Waals surface area contributed by atoms with E-state index in [-0.39, 0.29) is 12.5 Å². The number of benzene rings is 1. The summed E-state index contributed by atoms with van der Waals surface area (Å²) in [4.78, 5) is 11.9. The van der Waals surface area contributed by atoms with Crippen molar-refractivity contribution in [2.24, 2.45) is 0 Å². The lowest BCUT2D eigenvalue weighted by molar-refractivity contribution is -0.124. The largest absolute Gasteiger partial charge is 0.484 e. The summed E-state index contributed by atoms with van der Waals surface area (Å²) < 4.78 is 5.47. The van der Waals surface area contributed by atoms with Gasteiger partial charge in [0.2, 0.25) is 0 Å². The van der Waals surface area contributed by atoms with E-state index >= 15 is 0 Å². The molecule has 1 fully saturated rings. The number of aryl methyl sites for hydroxylation is 1. The highest BCUT2D eigenvalue weighted by atomic mass is 35.5. The summed E-state index contributed by atoms with van der Waals surface area (Å²) in [5.74, 6) is 0.366. The number of halogens is 1. The number of hydrogen-bond donors (Lipinski definition) is 1. The molecule has 0 radical (unpaired) electrons. The molecule has 20 heavy (non-hydrogen) atoms. The van der Waals surface area contributed by atoms with E-state index < -0.39 is 5.54 Å². The van der Waals surface area contributed by atoms with Gasteiger partial charge in [-0.1, -0.05) is 11.6 Å². The van der Waals surface area contributed by atoms with Gasteiger partial charge in [0.15, 0.2) is 6.61 Å². The van der Waals surface area contributed by atoms with E-state index in [1.807, 2.05) is 6.92 Å². The first-order chi connectivity index (χ1) is 9.54. The monoisotopic (exact) mass is 292 g/mol. The molecule has 0 atom stereocenters. The Morgan fingerprint density at radius 1 is 1.50 bits per heavy atom. The molecule has 1 N–H and O–H groups in total. The van der Waals surface area contributed by atoms with Crippen LogP contribution in [0.15, 0.2) is 18.2 Å². The van der Waals surface area contributed by atoms with E-state index in [0.29, 0.717) is 10.8 Å². The molecule has 0 unspecified atom stereocenters. The number of nitrogens with one attached hydrogen (secondary N) is 1. The minimum atomic E-state index is -0.699. The van der Waals surface area contributed by atoms with Crippen molar-refractivity contribution in [3.8, 4) is 11.8 Å². The molecule has 0 heterocycles. The molecule has 4 nitrogen and oxygen atoms in total. The standard InChI is InChI=1S/C15H17ClN2O2/c1-11-8-12(16)4-5-13(11)20-9-14(19)18-15(10-17)6-2-3-7-15/h4-5,8H,2-3,6-7,9H2,1H3,(H,18,19). The highest BCUT2D eigenvalue weighted by molar-refractivity contribution is 6.30. The average molecular weight is 293 g/mol.